The van der Waals surface area contributed by atoms with Gasteiger partial charge in [0.15, 0.2) is 5.82 Å². The van der Waals surface area contributed by atoms with E-state index < -0.39 is 0 Å². The van der Waals surface area contributed by atoms with E-state index in [0.29, 0.717) is 11.5 Å². The minimum absolute atomic E-state index is 0.164. The molecule has 3 rings (SSSR count). The third kappa shape index (κ3) is 2.86. The zero-order valence-corrected chi connectivity index (χ0v) is 13.0. The summed E-state index contributed by atoms with van der Waals surface area (Å²) in [5.41, 5.74) is 1.41. The highest BCUT2D eigenvalue weighted by molar-refractivity contribution is 6.02. The fourth-order valence-corrected chi connectivity index (χ4v) is 2.81. The molecule has 0 saturated carbocycles. The van der Waals surface area contributed by atoms with Gasteiger partial charge in [0.25, 0.3) is 5.91 Å². The second-order valence-corrected chi connectivity index (χ2v) is 5.92. The van der Waals surface area contributed by atoms with Gasteiger partial charge in [-0.2, -0.15) is 0 Å². The van der Waals surface area contributed by atoms with Crippen LogP contribution in [0.4, 0.5) is 5.82 Å². The van der Waals surface area contributed by atoms with Gasteiger partial charge in [-0.3, -0.25) is 9.78 Å². The summed E-state index contributed by atoms with van der Waals surface area (Å²) < 4.78 is 2.04. The largest absolute Gasteiger partial charge is 0.324 e. The van der Waals surface area contributed by atoms with Crippen molar-refractivity contribution in [2.45, 2.75) is 52.0 Å². The third-order valence-electron chi connectivity index (χ3n) is 3.96. The first kappa shape index (κ1) is 14.7. The number of fused-ring (bicyclic) bond motifs is 1. The first-order valence-electron chi connectivity index (χ1n) is 7.83. The van der Waals surface area contributed by atoms with Crippen LogP contribution in [0.2, 0.25) is 0 Å². The van der Waals surface area contributed by atoms with E-state index in [4.69, 9.17) is 0 Å². The Morgan fingerprint density at radius 1 is 1.18 bits per heavy atom. The van der Waals surface area contributed by atoms with Crippen LogP contribution in [0.3, 0.4) is 0 Å². The molecule has 0 bridgehead atoms. The molecule has 0 radical (unpaired) electrons. The number of hydrogen-bond acceptors (Lipinski definition) is 4. The SMILES string of the molecule is CC(C)c1nccnc1NC(=O)c1cnc2n1CCCCC2. The zero-order chi connectivity index (χ0) is 15.5. The number of aromatic nitrogens is 4. The second kappa shape index (κ2) is 6.25. The predicted molar refractivity (Wildman–Crippen MR) is 83.9 cm³/mol. The van der Waals surface area contributed by atoms with Gasteiger partial charge >= 0.3 is 0 Å². The number of rotatable bonds is 3. The standard InChI is InChI=1S/C16H21N5O/c1-11(2)14-15(18-8-7-17-14)20-16(22)12-10-19-13-6-4-3-5-9-21(12)13/h7-8,10-11H,3-6,9H2,1-2H3,(H,18,20,22). The lowest BCUT2D eigenvalue weighted by atomic mass is 10.1. The lowest BCUT2D eigenvalue weighted by Crippen LogP contribution is -2.20. The molecule has 22 heavy (non-hydrogen) atoms. The summed E-state index contributed by atoms with van der Waals surface area (Å²) in [6.07, 6.45) is 9.27. The van der Waals surface area contributed by atoms with Crippen molar-refractivity contribution in [3.05, 3.63) is 35.8 Å². The Balaban J connectivity index is 1.85. The van der Waals surface area contributed by atoms with Gasteiger partial charge in [0, 0.05) is 25.4 Å². The van der Waals surface area contributed by atoms with Gasteiger partial charge in [-0.25, -0.2) is 9.97 Å². The van der Waals surface area contributed by atoms with E-state index in [1.165, 1.54) is 6.42 Å². The van der Waals surface area contributed by atoms with Crippen molar-refractivity contribution in [2.75, 3.05) is 5.32 Å². The van der Waals surface area contributed by atoms with Crippen molar-refractivity contribution in [1.29, 1.82) is 0 Å². The highest BCUT2D eigenvalue weighted by Gasteiger charge is 2.20. The number of anilines is 1. The molecule has 0 spiro atoms. The molecule has 6 heteroatoms. The maximum absolute atomic E-state index is 12.6. The van der Waals surface area contributed by atoms with Crippen LogP contribution in [0.15, 0.2) is 18.6 Å². The van der Waals surface area contributed by atoms with Crippen LogP contribution in [0.5, 0.6) is 0 Å². The van der Waals surface area contributed by atoms with E-state index in [9.17, 15) is 4.79 Å². The second-order valence-electron chi connectivity index (χ2n) is 5.92. The third-order valence-corrected chi connectivity index (χ3v) is 3.96. The number of carbonyl (C=O) groups excluding carboxylic acids is 1. The van der Waals surface area contributed by atoms with Crippen molar-refractivity contribution in [1.82, 2.24) is 19.5 Å². The van der Waals surface area contributed by atoms with E-state index in [-0.39, 0.29) is 11.8 Å². The number of imidazole rings is 1. The van der Waals surface area contributed by atoms with Gasteiger partial charge in [-0.05, 0) is 18.8 Å². The summed E-state index contributed by atoms with van der Waals surface area (Å²) in [6, 6.07) is 0. The van der Waals surface area contributed by atoms with E-state index in [2.05, 4.69) is 20.3 Å². The summed E-state index contributed by atoms with van der Waals surface area (Å²) in [6.45, 7) is 4.92. The van der Waals surface area contributed by atoms with Gasteiger partial charge in [0.05, 0.1) is 11.9 Å². The Morgan fingerprint density at radius 2 is 2.00 bits per heavy atom. The molecule has 1 N–H and O–H groups in total. The maximum atomic E-state index is 12.6. The fraction of sp³-hybridized carbons (Fsp3) is 0.500. The summed E-state index contributed by atoms with van der Waals surface area (Å²) in [7, 11) is 0. The lowest BCUT2D eigenvalue weighted by molar-refractivity contribution is 0.101. The first-order chi connectivity index (χ1) is 10.7. The molecular formula is C16H21N5O. The van der Waals surface area contributed by atoms with E-state index in [1.807, 2.05) is 18.4 Å². The normalized spacial score (nSPS) is 14.5. The Labute approximate surface area is 130 Å². The fourth-order valence-electron chi connectivity index (χ4n) is 2.81. The van der Waals surface area contributed by atoms with Crippen molar-refractivity contribution in [3.63, 3.8) is 0 Å². The average molecular weight is 299 g/mol. The molecule has 0 aliphatic carbocycles. The number of hydrogen-bond donors (Lipinski definition) is 1. The van der Waals surface area contributed by atoms with Crippen LogP contribution in [0.25, 0.3) is 0 Å². The van der Waals surface area contributed by atoms with Crippen LogP contribution in [-0.2, 0) is 13.0 Å². The van der Waals surface area contributed by atoms with Gasteiger partial charge in [0.1, 0.15) is 11.5 Å². The maximum Gasteiger partial charge on any atom is 0.275 e. The number of nitrogens with zero attached hydrogens (tertiary/aromatic N) is 4. The van der Waals surface area contributed by atoms with Gasteiger partial charge in [-0.1, -0.05) is 20.3 Å². The highest BCUT2D eigenvalue weighted by atomic mass is 16.2. The van der Waals surface area contributed by atoms with Crippen LogP contribution in [-0.4, -0.2) is 25.4 Å². The molecule has 0 fully saturated rings. The predicted octanol–water partition coefficient (Wildman–Crippen LogP) is 2.78. The molecule has 2 aromatic heterocycles. The molecule has 6 nitrogen and oxygen atoms in total. The van der Waals surface area contributed by atoms with Crippen molar-refractivity contribution in [2.24, 2.45) is 0 Å². The van der Waals surface area contributed by atoms with Gasteiger partial charge in [0.2, 0.25) is 0 Å². The Hall–Kier alpha value is -2.24. The molecule has 1 aliphatic heterocycles. The molecule has 116 valence electrons. The molecular weight excluding hydrogens is 278 g/mol. The molecule has 3 heterocycles. The molecule has 0 unspecified atom stereocenters. The highest BCUT2D eigenvalue weighted by Crippen LogP contribution is 2.21. The van der Waals surface area contributed by atoms with Gasteiger partial charge < -0.3 is 9.88 Å². The van der Waals surface area contributed by atoms with Crippen LogP contribution in [0.1, 0.15) is 61.0 Å². The molecule has 2 aromatic rings. The monoisotopic (exact) mass is 299 g/mol. The Morgan fingerprint density at radius 3 is 2.82 bits per heavy atom. The average Bonchev–Trinajstić information content (AvgIpc) is 2.77. The van der Waals surface area contributed by atoms with Crippen molar-refractivity contribution in [3.8, 4) is 0 Å². The number of aryl methyl sites for hydroxylation is 1. The van der Waals surface area contributed by atoms with Crippen LogP contribution >= 0.6 is 0 Å². The zero-order valence-electron chi connectivity index (χ0n) is 13.0. The number of carbonyl (C=O) groups is 1. The van der Waals surface area contributed by atoms with Crippen molar-refractivity contribution >= 4 is 11.7 Å². The van der Waals surface area contributed by atoms with E-state index in [1.54, 1.807) is 18.6 Å². The van der Waals surface area contributed by atoms with Crippen LogP contribution in [0, 0.1) is 0 Å². The van der Waals surface area contributed by atoms with Gasteiger partial charge in [-0.15, -0.1) is 0 Å². The number of nitrogens with one attached hydrogen (secondary N) is 1. The minimum atomic E-state index is -0.164. The summed E-state index contributed by atoms with van der Waals surface area (Å²) in [5.74, 6) is 1.58. The summed E-state index contributed by atoms with van der Waals surface area (Å²) >= 11 is 0. The molecule has 1 aliphatic rings. The summed E-state index contributed by atoms with van der Waals surface area (Å²) in [5, 5.41) is 2.89. The topological polar surface area (TPSA) is 72.7 Å². The smallest absolute Gasteiger partial charge is 0.275 e. The first-order valence-corrected chi connectivity index (χ1v) is 7.83. The van der Waals surface area contributed by atoms with Crippen molar-refractivity contribution < 1.29 is 4.79 Å². The molecule has 0 atom stereocenters. The summed E-state index contributed by atoms with van der Waals surface area (Å²) in [4.78, 5) is 25.6. The Kier molecular flexibility index (Phi) is 4.18. The Bertz CT molecular complexity index is 677. The lowest BCUT2D eigenvalue weighted by Gasteiger charge is -2.12. The quantitative estimate of drug-likeness (QED) is 0.946. The van der Waals surface area contributed by atoms with E-state index in [0.717, 1.165) is 37.3 Å². The molecule has 0 saturated heterocycles. The molecule has 0 aromatic carbocycles. The molecule has 1 amide bonds. The van der Waals surface area contributed by atoms with E-state index >= 15 is 0 Å². The number of amides is 1. The van der Waals surface area contributed by atoms with Crippen LogP contribution < -0.4 is 5.32 Å². The minimum Gasteiger partial charge on any atom is -0.324 e.